The Hall–Kier alpha value is -4.48. The zero-order valence-electron chi connectivity index (χ0n) is 18.6. The topological polar surface area (TPSA) is 134 Å². The lowest BCUT2D eigenvalue weighted by molar-refractivity contribution is 0.703. The van der Waals surface area contributed by atoms with Crippen LogP contribution < -0.4 is 20.4 Å². The molecule has 0 atom stereocenters. The second-order valence-electron chi connectivity index (χ2n) is 7.07. The molecule has 0 aliphatic heterocycles. The summed E-state index contributed by atoms with van der Waals surface area (Å²) in [5.74, 6) is 2.49. The van der Waals surface area contributed by atoms with Crippen molar-refractivity contribution in [3.8, 4) is 0 Å². The number of hydrogen-bond acceptors (Lipinski definition) is 12. The van der Waals surface area contributed by atoms with E-state index < -0.39 is 0 Å². The molecule has 2 N–H and O–H groups in total. The first kappa shape index (κ1) is 22.7. The Morgan fingerprint density at radius 1 is 0.441 bits per heavy atom. The summed E-state index contributed by atoms with van der Waals surface area (Å²) in [4.78, 5) is 38.8. The summed E-state index contributed by atoms with van der Waals surface area (Å²) in [6.07, 6.45) is 13.8. The quantitative estimate of drug-likeness (QED) is 0.300. The third-order valence-electron chi connectivity index (χ3n) is 4.77. The van der Waals surface area contributed by atoms with E-state index in [2.05, 4.69) is 60.3 Å². The number of anilines is 4. The molecule has 4 heterocycles. The fraction of sp³-hybridized carbons (Fsp3) is 0.273. The van der Waals surface area contributed by atoms with Gasteiger partial charge in [0.05, 0.1) is 0 Å². The minimum atomic E-state index is 0.588. The third-order valence-corrected chi connectivity index (χ3v) is 4.77. The highest BCUT2D eigenvalue weighted by atomic mass is 15.3. The van der Waals surface area contributed by atoms with Crippen LogP contribution in [-0.2, 0) is 0 Å². The zero-order valence-corrected chi connectivity index (χ0v) is 18.6. The van der Waals surface area contributed by atoms with E-state index in [0.29, 0.717) is 63.1 Å². The van der Waals surface area contributed by atoms with E-state index in [1.54, 1.807) is 73.8 Å². The normalized spacial score (nSPS) is 10.5. The molecule has 4 rings (SSSR count). The zero-order chi connectivity index (χ0) is 23.3. The SMILES string of the molecule is c1cnc(NCCN(CCN(CCNc2ncccn2)c2ncccn2)c2ncccn2)nc1. The Labute approximate surface area is 197 Å². The van der Waals surface area contributed by atoms with Crippen LogP contribution in [0.5, 0.6) is 0 Å². The van der Waals surface area contributed by atoms with E-state index in [4.69, 9.17) is 0 Å². The van der Waals surface area contributed by atoms with Crippen LogP contribution in [0.15, 0.2) is 73.8 Å². The lowest BCUT2D eigenvalue weighted by Gasteiger charge is -2.28. The predicted molar refractivity (Wildman–Crippen MR) is 130 cm³/mol. The molecular weight excluding hydrogens is 432 g/mol. The van der Waals surface area contributed by atoms with Gasteiger partial charge in [0, 0.05) is 88.8 Å². The van der Waals surface area contributed by atoms with Crippen molar-refractivity contribution in [2.24, 2.45) is 0 Å². The van der Waals surface area contributed by atoms with Crippen molar-refractivity contribution in [2.45, 2.75) is 0 Å². The van der Waals surface area contributed by atoms with Crippen LogP contribution in [0.2, 0.25) is 0 Å². The number of nitrogens with one attached hydrogen (secondary N) is 2. The molecule has 0 amide bonds. The average molecular weight is 459 g/mol. The largest absolute Gasteiger partial charge is 0.352 e. The maximum absolute atomic E-state index is 4.43. The van der Waals surface area contributed by atoms with Gasteiger partial charge in [-0.25, -0.2) is 39.9 Å². The molecule has 4 aromatic rings. The number of nitrogens with zero attached hydrogens (tertiary/aromatic N) is 10. The van der Waals surface area contributed by atoms with Crippen molar-refractivity contribution in [3.63, 3.8) is 0 Å². The first-order chi connectivity index (χ1) is 16.9. The molecule has 0 aliphatic carbocycles. The molecule has 0 spiro atoms. The minimum absolute atomic E-state index is 0.588. The summed E-state index contributed by atoms with van der Waals surface area (Å²) in [6.45, 7) is 3.95. The van der Waals surface area contributed by atoms with Crippen LogP contribution >= 0.6 is 0 Å². The summed E-state index contributed by atoms with van der Waals surface area (Å²) in [6, 6.07) is 7.18. The maximum atomic E-state index is 4.43. The van der Waals surface area contributed by atoms with Gasteiger partial charge in [0.15, 0.2) is 0 Å². The molecule has 0 unspecified atom stereocenters. The summed E-state index contributed by atoms with van der Waals surface area (Å²) < 4.78 is 0. The first-order valence-corrected chi connectivity index (χ1v) is 10.9. The first-order valence-electron chi connectivity index (χ1n) is 10.9. The fourth-order valence-electron chi connectivity index (χ4n) is 3.16. The van der Waals surface area contributed by atoms with Gasteiger partial charge in [-0.15, -0.1) is 0 Å². The van der Waals surface area contributed by atoms with Gasteiger partial charge in [-0.2, -0.15) is 0 Å². The average Bonchev–Trinajstić information content (AvgIpc) is 2.91. The molecule has 0 bridgehead atoms. The van der Waals surface area contributed by atoms with E-state index in [-0.39, 0.29) is 0 Å². The van der Waals surface area contributed by atoms with E-state index in [1.165, 1.54) is 0 Å². The maximum Gasteiger partial charge on any atom is 0.225 e. The van der Waals surface area contributed by atoms with Gasteiger partial charge in [0.1, 0.15) is 0 Å². The van der Waals surface area contributed by atoms with Crippen molar-refractivity contribution in [3.05, 3.63) is 73.8 Å². The van der Waals surface area contributed by atoms with Crippen molar-refractivity contribution in [2.75, 3.05) is 59.7 Å². The molecule has 0 radical (unpaired) electrons. The van der Waals surface area contributed by atoms with Gasteiger partial charge < -0.3 is 20.4 Å². The van der Waals surface area contributed by atoms with Crippen LogP contribution in [0.25, 0.3) is 0 Å². The van der Waals surface area contributed by atoms with Crippen LogP contribution in [0.4, 0.5) is 23.8 Å². The Kier molecular flexibility index (Phi) is 8.37. The molecule has 0 saturated heterocycles. The van der Waals surface area contributed by atoms with Gasteiger partial charge in [-0.05, 0) is 24.3 Å². The lowest BCUT2D eigenvalue weighted by Crippen LogP contribution is -2.40. The third kappa shape index (κ3) is 7.02. The molecule has 34 heavy (non-hydrogen) atoms. The Balaban J connectivity index is 1.38. The summed E-state index contributed by atoms with van der Waals surface area (Å²) in [5.41, 5.74) is 0. The number of aromatic nitrogens is 8. The van der Waals surface area contributed by atoms with E-state index >= 15 is 0 Å². The smallest absolute Gasteiger partial charge is 0.225 e. The molecule has 0 aliphatic rings. The Bertz CT molecular complexity index is 981. The highest BCUT2D eigenvalue weighted by Crippen LogP contribution is 2.09. The molecule has 12 nitrogen and oxygen atoms in total. The van der Waals surface area contributed by atoms with Crippen molar-refractivity contribution in [1.29, 1.82) is 0 Å². The van der Waals surface area contributed by atoms with Gasteiger partial charge in [0.2, 0.25) is 23.8 Å². The van der Waals surface area contributed by atoms with Crippen molar-refractivity contribution in [1.82, 2.24) is 39.9 Å². The molecule has 0 saturated carbocycles. The highest BCUT2D eigenvalue weighted by Gasteiger charge is 2.14. The van der Waals surface area contributed by atoms with Gasteiger partial charge in [-0.3, -0.25) is 0 Å². The summed E-state index contributed by atoms with van der Waals surface area (Å²) in [7, 11) is 0. The second-order valence-corrected chi connectivity index (χ2v) is 7.07. The summed E-state index contributed by atoms with van der Waals surface area (Å²) in [5, 5.41) is 6.47. The van der Waals surface area contributed by atoms with Gasteiger partial charge in [-0.1, -0.05) is 0 Å². The van der Waals surface area contributed by atoms with Crippen molar-refractivity contribution >= 4 is 23.8 Å². The van der Waals surface area contributed by atoms with E-state index in [9.17, 15) is 0 Å². The fourth-order valence-corrected chi connectivity index (χ4v) is 3.16. The van der Waals surface area contributed by atoms with Crippen LogP contribution in [0.3, 0.4) is 0 Å². The molecule has 0 fully saturated rings. The minimum Gasteiger partial charge on any atom is -0.352 e. The Morgan fingerprint density at radius 3 is 1.12 bits per heavy atom. The van der Waals surface area contributed by atoms with Crippen molar-refractivity contribution < 1.29 is 0 Å². The summed E-state index contributed by atoms with van der Waals surface area (Å²) >= 11 is 0. The number of rotatable bonds is 13. The second kappa shape index (κ2) is 12.5. The molecule has 4 aromatic heterocycles. The van der Waals surface area contributed by atoms with Gasteiger partial charge in [0.25, 0.3) is 0 Å². The number of hydrogen-bond donors (Lipinski definition) is 2. The molecule has 0 aromatic carbocycles. The lowest BCUT2D eigenvalue weighted by atomic mass is 10.4. The van der Waals surface area contributed by atoms with Crippen LogP contribution in [0.1, 0.15) is 0 Å². The monoisotopic (exact) mass is 458 g/mol. The van der Waals surface area contributed by atoms with E-state index in [1.807, 2.05) is 0 Å². The molecule has 12 heteroatoms. The van der Waals surface area contributed by atoms with E-state index in [0.717, 1.165) is 0 Å². The predicted octanol–water partition coefficient (Wildman–Crippen LogP) is 1.38. The standard InChI is InChI=1S/C22H26N12/c1-5-23-19(24-6-1)27-13-15-33(21-29-9-3-10-30-21)17-18-34(22-31-11-4-12-32-22)16-14-28-20-25-7-2-8-26-20/h1-12H,13-18H2,(H,23,24,27)(H,25,26,28). The molecular formula is C22H26N12. The highest BCUT2D eigenvalue weighted by molar-refractivity contribution is 5.34. The van der Waals surface area contributed by atoms with Crippen LogP contribution in [-0.4, -0.2) is 79.1 Å². The van der Waals surface area contributed by atoms with Gasteiger partial charge >= 0.3 is 0 Å². The van der Waals surface area contributed by atoms with Crippen LogP contribution in [0, 0.1) is 0 Å². The Morgan fingerprint density at radius 2 is 0.765 bits per heavy atom. The molecule has 174 valence electrons.